The molecule has 0 radical (unpaired) electrons. The highest BCUT2D eigenvalue weighted by Gasteiger charge is 2.22. The summed E-state index contributed by atoms with van der Waals surface area (Å²) in [5.74, 6) is -1.27. The molecule has 1 N–H and O–H groups in total. The fourth-order valence-corrected chi connectivity index (χ4v) is 1.34. The average Bonchev–Trinajstić information content (AvgIpc) is 2.26. The topological polar surface area (TPSA) is 70.5 Å². The molecule has 0 spiro atoms. The minimum Gasteiger partial charge on any atom is -0.480 e. The van der Waals surface area contributed by atoms with Gasteiger partial charge in [-0.3, -0.25) is 9.78 Å². The lowest BCUT2D eigenvalue weighted by atomic mass is 10.2. The number of hydrogen-bond acceptors (Lipinski definition) is 3. The number of aliphatic carboxylic acids is 1. The van der Waals surface area contributed by atoms with Crippen molar-refractivity contribution in [2.75, 3.05) is 0 Å². The summed E-state index contributed by atoms with van der Waals surface area (Å²) in [7, 11) is 0. The summed E-state index contributed by atoms with van der Waals surface area (Å²) in [5.41, 5.74) is 0.860. The Hall–Kier alpha value is -1.91. The predicted molar refractivity (Wildman–Crippen MR) is 57.6 cm³/mol. The van der Waals surface area contributed by atoms with Gasteiger partial charge in [-0.2, -0.15) is 0 Å². The molecule has 0 aliphatic heterocycles. The standard InChI is InChI=1S/C11H14N2O3/c1-8(11(15)16)13(9(2)14)7-10-3-5-12-6-4-10/h3-6,8H,7H2,1-2H3,(H,15,16). The van der Waals surface area contributed by atoms with E-state index in [1.54, 1.807) is 24.5 Å². The Labute approximate surface area is 93.7 Å². The summed E-state index contributed by atoms with van der Waals surface area (Å²) in [6, 6.07) is 2.68. The first-order valence-corrected chi connectivity index (χ1v) is 4.91. The van der Waals surface area contributed by atoms with Crippen molar-refractivity contribution in [3.05, 3.63) is 30.1 Å². The Morgan fingerprint density at radius 1 is 1.44 bits per heavy atom. The minimum absolute atomic E-state index is 0.258. The number of amides is 1. The molecule has 86 valence electrons. The van der Waals surface area contributed by atoms with Crippen LogP contribution in [0, 0.1) is 0 Å². The van der Waals surface area contributed by atoms with Crippen LogP contribution in [0.1, 0.15) is 19.4 Å². The zero-order chi connectivity index (χ0) is 12.1. The molecule has 1 rings (SSSR count). The van der Waals surface area contributed by atoms with Crippen LogP contribution in [0.2, 0.25) is 0 Å². The lowest BCUT2D eigenvalue weighted by Gasteiger charge is -2.25. The number of carboxylic acid groups (broad SMARTS) is 1. The molecule has 0 aliphatic carbocycles. The lowest BCUT2D eigenvalue weighted by Crippen LogP contribution is -2.41. The van der Waals surface area contributed by atoms with E-state index in [4.69, 9.17) is 5.11 Å². The highest BCUT2D eigenvalue weighted by atomic mass is 16.4. The van der Waals surface area contributed by atoms with Gasteiger partial charge in [-0.1, -0.05) is 0 Å². The Balaban J connectivity index is 2.81. The van der Waals surface area contributed by atoms with Crippen molar-refractivity contribution in [3.63, 3.8) is 0 Å². The fraction of sp³-hybridized carbons (Fsp3) is 0.364. The molecular weight excluding hydrogens is 208 g/mol. The summed E-state index contributed by atoms with van der Waals surface area (Å²) in [4.78, 5) is 27.3. The highest BCUT2D eigenvalue weighted by Crippen LogP contribution is 2.08. The fourth-order valence-electron chi connectivity index (χ4n) is 1.34. The van der Waals surface area contributed by atoms with Gasteiger partial charge in [0.05, 0.1) is 0 Å². The van der Waals surface area contributed by atoms with E-state index in [9.17, 15) is 9.59 Å². The van der Waals surface area contributed by atoms with Crippen LogP contribution in [0.25, 0.3) is 0 Å². The van der Waals surface area contributed by atoms with E-state index >= 15 is 0 Å². The Kier molecular flexibility index (Phi) is 3.99. The van der Waals surface area contributed by atoms with Gasteiger partial charge < -0.3 is 10.0 Å². The van der Waals surface area contributed by atoms with Crippen molar-refractivity contribution >= 4 is 11.9 Å². The quantitative estimate of drug-likeness (QED) is 0.821. The largest absolute Gasteiger partial charge is 0.480 e. The SMILES string of the molecule is CC(=O)N(Cc1ccncc1)C(C)C(=O)O. The van der Waals surface area contributed by atoms with E-state index in [2.05, 4.69) is 4.98 Å². The molecule has 1 atom stereocenters. The van der Waals surface area contributed by atoms with Gasteiger partial charge in [0.2, 0.25) is 5.91 Å². The number of rotatable bonds is 4. The van der Waals surface area contributed by atoms with Crippen LogP contribution >= 0.6 is 0 Å². The van der Waals surface area contributed by atoms with Crippen molar-refractivity contribution < 1.29 is 14.7 Å². The van der Waals surface area contributed by atoms with Crippen molar-refractivity contribution in [3.8, 4) is 0 Å². The summed E-state index contributed by atoms with van der Waals surface area (Å²) in [6.07, 6.45) is 3.22. The van der Waals surface area contributed by atoms with E-state index in [1.807, 2.05) is 0 Å². The third kappa shape index (κ3) is 3.05. The second kappa shape index (κ2) is 5.25. The number of carboxylic acids is 1. The first-order chi connectivity index (χ1) is 7.52. The summed E-state index contributed by atoms with van der Waals surface area (Å²) < 4.78 is 0. The van der Waals surface area contributed by atoms with E-state index in [-0.39, 0.29) is 12.5 Å². The molecule has 5 heteroatoms. The van der Waals surface area contributed by atoms with Gasteiger partial charge in [-0.15, -0.1) is 0 Å². The zero-order valence-electron chi connectivity index (χ0n) is 9.25. The Bertz CT molecular complexity index is 378. The van der Waals surface area contributed by atoms with Crippen LogP contribution in [0.4, 0.5) is 0 Å². The molecule has 1 unspecified atom stereocenters. The van der Waals surface area contributed by atoms with Gasteiger partial charge >= 0.3 is 5.97 Å². The Morgan fingerprint density at radius 3 is 2.44 bits per heavy atom. The summed E-state index contributed by atoms with van der Waals surface area (Å²) >= 11 is 0. The van der Waals surface area contributed by atoms with Crippen molar-refractivity contribution in [2.45, 2.75) is 26.4 Å². The first-order valence-electron chi connectivity index (χ1n) is 4.91. The van der Waals surface area contributed by atoms with E-state index in [1.165, 1.54) is 18.7 Å². The number of aromatic nitrogens is 1. The molecule has 16 heavy (non-hydrogen) atoms. The van der Waals surface area contributed by atoms with Crippen molar-refractivity contribution in [1.82, 2.24) is 9.88 Å². The first kappa shape index (κ1) is 12.2. The van der Waals surface area contributed by atoms with Crippen molar-refractivity contribution in [2.24, 2.45) is 0 Å². The number of nitrogens with zero attached hydrogens (tertiary/aromatic N) is 2. The molecule has 0 aliphatic rings. The second-order valence-corrected chi connectivity index (χ2v) is 3.52. The summed E-state index contributed by atoms with van der Waals surface area (Å²) in [6.45, 7) is 3.14. The smallest absolute Gasteiger partial charge is 0.326 e. The minimum atomic E-state index is -1.01. The third-order valence-electron chi connectivity index (χ3n) is 2.33. The number of carbonyl (C=O) groups excluding carboxylic acids is 1. The number of hydrogen-bond donors (Lipinski definition) is 1. The van der Waals surface area contributed by atoms with Crippen LogP contribution in [-0.2, 0) is 16.1 Å². The van der Waals surface area contributed by atoms with Crippen molar-refractivity contribution in [1.29, 1.82) is 0 Å². The van der Waals surface area contributed by atoms with Gasteiger partial charge in [0.25, 0.3) is 0 Å². The predicted octanol–water partition coefficient (Wildman–Crippen LogP) is 0.903. The molecule has 0 aromatic carbocycles. The molecule has 1 aromatic heterocycles. The van der Waals surface area contributed by atoms with Crippen LogP contribution in [0.5, 0.6) is 0 Å². The van der Waals surface area contributed by atoms with Gasteiger partial charge in [0.15, 0.2) is 0 Å². The molecule has 0 saturated heterocycles. The molecule has 1 heterocycles. The third-order valence-corrected chi connectivity index (χ3v) is 2.33. The van der Waals surface area contributed by atoms with E-state index < -0.39 is 12.0 Å². The maximum Gasteiger partial charge on any atom is 0.326 e. The Morgan fingerprint density at radius 2 is 2.00 bits per heavy atom. The lowest BCUT2D eigenvalue weighted by molar-refractivity contribution is -0.149. The molecule has 1 aromatic rings. The van der Waals surface area contributed by atoms with Crippen LogP contribution in [0.3, 0.4) is 0 Å². The normalized spacial score (nSPS) is 11.9. The van der Waals surface area contributed by atoms with Crippen LogP contribution in [-0.4, -0.2) is 32.9 Å². The molecule has 0 fully saturated rings. The second-order valence-electron chi connectivity index (χ2n) is 3.52. The number of pyridine rings is 1. The zero-order valence-corrected chi connectivity index (χ0v) is 9.25. The van der Waals surface area contributed by atoms with Crippen LogP contribution in [0.15, 0.2) is 24.5 Å². The van der Waals surface area contributed by atoms with Gasteiger partial charge in [-0.25, -0.2) is 4.79 Å². The number of carbonyl (C=O) groups is 2. The molecule has 0 saturated carbocycles. The molecule has 5 nitrogen and oxygen atoms in total. The van der Waals surface area contributed by atoms with Gasteiger partial charge in [0.1, 0.15) is 6.04 Å². The molecule has 1 amide bonds. The van der Waals surface area contributed by atoms with Gasteiger partial charge in [-0.05, 0) is 24.6 Å². The molecule has 0 bridgehead atoms. The maximum atomic E-state index is 11.3. The maximum absolute atomic E-state index is 11.3. The van der Waals surface area contributed by atoms with E-state index in [0.717, 1.165) is 5.56 Å². The monoisotopic (exact) mass is 222 g/mol. The average molecular weight is 222 g/mol. The highest BCUT2D eigenvalue weighted by molar-refractivity contribution is 5.81. The summed E-state index contributed by atoms with van der Waals surface area (Å²) in [5, 5.41) is 8.87. The molecular formula is C11H14N2O3. The van der Waals surface area contributed by atoms with E-state index in [0.29, 0.717) is 0 Å². The van der Waals surface area contributed by atoms with Crippen LogP contribution < -0.4 is 0 Å². The van der Waals surface area contributed by atoms with Gasteiger partial charge in [0, 0.05) is 25.9 Å².